The third kappa shape index (κ3) is 1.87. The molecule has 6 heteroatoms. The molecule has 0 aliphatic rings. The molecule has 3 N–H and O–H groups in total. The molecule has 0 aliphatic heterocycles. The summed E-state index contributed by atoms with van der Waals surface area (Å²) in [6.45, 7) is 0. The Morgan fingerprint density at radius 3 is 2.75 bits per heavy atom. The van der Waals surface area contributed by atoms with E-state index >= 15 is 0 Å². The summed E-state index contributed by atoms with van der Waals surface area (Å²) in [5.41, 5.74) is 6.47. The summed E-state index contributed by atoms with van der Waals surface area (Å²) in [6.07, 6.45) is 2.97. The third-order valence-corrected chi connectivity index (χ3v) is 2.94. The molecule has 2 heterocycles. The van der Waals surface area contributed by atoms with Gasteiger partial charge < -0.3 is 15.2 Å². The minimum atomic E-state index is -0.462. The molecule has 5 nitrogen and oxygen atoms in total. The first-order valence-electron chi connectivity index (χ1n) is 5.86. The molecule has 20 heavy (non-hydrogen) atoms. The van der Waals surface area contributed by atoms with Gasteiger partial charge in [-0.2, -0.15) is 0 Å². The summed E-state index contributed by atoms with van der Waals surface area (Å²) >= 11 is 0. The third-order valence-electron chi connectivity index (χ3n) is 2.94. The van der Waals surface area contributed by atoms with Gasteiger partial charge in [-0.3, -0.25) is 4.79 Å². The van der Waals surface area contributed by atoms with Crippen LogP contribution in [0.4, 0.5) is 10.3 Å². The van der Waals surface area contributed by atoms with E-state index in [4.69, 9.17) is 10.3 Å². The van der Waals surface area contributed by atoms with Crippen molar-refractivity contribution in [1.29, 1.82) is 0 Å². The Morgan fingerprint density at radius 1 is 1.20 bits per heavy atom. The van der Waals surface area contributed by atoms with E-state index in [1.54, 1.807) is 18.2 Å². The van der Waals surface area contributed by atoms with Crippen LogP contribution in [-0.4, -0.2) is 10.1 Å². The lowest BCUT2D eigenvalue weighted by Gasteiger charge is -2.03. The van der Waals surface area contributed by atoms with Crippen molar-refractivity contribution in [2.75, 3.05) is 5.73 Å². The Labute approximate surface area is 112 Å². The minimum absolute atomic E-state index is 0.0339. The molecule has 0 aliphatic carbocycles. The number of hydrogen-bond donors (Lipinski definition) is 2. The Balaban J connectivity index is 2.29. The number of nitrogens with one attached hydrogen (secondary N) is 1. The van der Waals surface area contributed by atoms with Crippen molar-refractivity contribution < 1.29 is 8.91 Å². The molecule has 0 amide bonds. The summed E-state index contributed by atoms with van der Waals surface area (Å²) in [7, 11) is 0. The fourth-order valence-corrected chi connectivity index (χ4v) is 2.01. The molecule has 0 atom stereocenters. The molecule has 0 fully saturated rings. The van der Waals surface area contributed by atoms with E-state index in [1.807, 2.05) is 0 Å². The predicted molar refractivity (Wildman–Crippen MR) is 72.4 cm³/mol. The molecule has 100 valence electrons. The van der Waals surface area contributed by atoms with Gasteiger partial charge in [-0.15, -0.1) is 0 Å². The first kappa shape index (κ1) is 12.2. The molecule has 0 saturated carbocycles. The quantitative estimate of drug-likeness (QED) is 0.749. The molecular weight excluding hydrogens is 261 g/mol. The molecule has 3 aromatic rings. The number of hydrogen-bond acceptors (Lipinski definition) is 4. The van der Waals surface area contributed by atoms with Crippen LogP contribution in [0.1, 0.15) is 0 Å². The van der Waals surface area contributed by atoms with E-state index in [-0.39, 0.29) is 33.7 Å². The highest BCUT2D eigenvalue weighted by atomic mass is 19.1. The number of nitrogen functional groups attached to an aromatic ring is 1. The number of aromatic nitrogens is 2. The average molecular weight is 271 g/mol. The number of nitrogens with zero attached hydrogens (tertiary/aromatic N) is 1. The van der Waals surface area contributed by atoms with Crippen molar-refractivity contribution in [1.82, 2.24) is 10.1 Å². The average Bonchev–Trinajstić information content (AvgIpc) is 2.82. The standard InChI is InChI=1S/C14H10FN3O2/c15-10-4-2-1-3-8(10)12-13(18-20-14(12)16)9-7-17-6-5-11(9)19/h1-7H,16H2,(H,17,19). The lowest BCUT2D eigenvalue weighted by molar-refractivity contribution is 0.439. The number of benzene rings is 1. The number of nitrogens with two attached hydrogens (primary N) is 1. The van der Waals surface area contributed by atoms with E-state index in [2.05, 4.69) is 10.1 Å². The van der Waals surface area contributed by atoms with Gasteiger partial charge in [0, 0.05) is 24.0 Å². The van der Waals surface area contributed by atoms with Crippen molar-refractivity contribution in [2.24, 2.45) is 0 Å². The zero-order valence-corrected chi connectivity index (χ0v) is 10.3. The fourth-order valence-electron chi connectivity index (χ4n) is 2.01. The number of pyridine rings is 1. The van der Waals surface area contributed by atoms with Crippen LogP contribution in [0.3, 0.4) is 0 Å². The maximum absolute atomic E-state index is 13.9. The van der Waals surface area contributed by atoms with E-state index < -0.39 is 5.82 Å². The van der Waals surface area contributed by atoms with Gasteiger partial charge in [0.15, 0.2) is 5.43 Å². The summed E-state index contributed by atoms with van der Waals surface area (Å²) in [6, 6.07) is 7.45. The highest BCUT2D eigenvalue weighted by molar-refractivity contribution is 5.86. The molecular formula is C14H10FN3O2. The minimum Gasteiger partial charge on any atom is -0.367 e. The van der Waals surface area contributed by atoms with Crippen LogP contribution in [0.25, 0.3) is 22.4 Å². The van der Waals surface area contributed by atoms with Crippen molar-refractivity contribution in [3.8, 4) is 22.4 Å². The lowest BCUT2D eigenvalue weighted by Crippen LogP contribution is -2.04. The number of aromatic amines is 1. The van der Waals surface area contributed by atoms with E-state index in [0.29, 0.717) is 0 Å². The Kier molecular flexibility index (Phi) is 2.83. The van der Waals surface area contributed by atoms with Gasteiger partial charge in [0.2, 0.25) is 5.88 Å². The zero-order valence-electron chi connectivity index (χ0n) is 10.3. The molecule has 1 aromatic carbocycles. The van der Waals surface area contributed by atoms with Crippen molar-refractivity contribution >= 4 is 5.88 Å². The van der Waals surface area contributed by atoms with Crippen LogP contribution < -0.4 is 11.2 Å². The van der Waals surface area contributed by atoms with Gasteiger partial charge in [0.1, 0.15) is 11.5 Å². The Bertz CT molecular complexity index is 823. The molecule has 0 unspecified atom stereocenters. The molecule has 0 bridgehead atoms. The second-order valence-electron chi connectivity index (χ2n) is 4.17. The van der Waals surface area contributed by atoms with Gasteiger partial charge in [-0.1, -0.05) is 23.4 Å². The number of halogens is 1. The van der Waals surface area contributed by atoms with Crippen molar-refractivity contribution in [3.63, 3.8) is 0 Å². The van der Waals surface area contributed by atoms with Crippen LogP contribution in [0.2, 0.25) is 0 Å². The largest absolute Gasteiger partial charge is 0.367 e. The second kappa shape index (κ2) is 4.65. The van der Waals surface area contributed by atoms with Gasteiger partial charge in [-0.05, 0) is 6.07 Å². The second-order valence-corrected chi connectivity index (χ2v) is 4.17. The Morgan fingerprint density at radius 2 is 2.00 bits per heavy atom. The van der Waals surface area contributed by atoms with Crippen LogP contribution in [0, 0.1) is 5.82 Å². The van der Waals surface area contributed by atoms with E-state index in [9.17, 15) is 9.18 Å². The van der Waals surface area contributed by atoms with E-state index in [0.717, 1.165) is 0 Å². The molecule has 2 aromatic heterocycles. The lowest BCUT2D eigenvalue weighted by atomic mass is 10.0. The maximum atomic E-state index is 13.9. The maximum Gasteiger partial charge on any atom is 0.230 e. The first-order chi connectivity index (χ1) is 9.68. The van der Waals surface area contributed by atoms with Crippen LogP contribution >= 0.6 is 0 Å². The first-order valence-corrected chi connectivity index (χ1v) is 5.86. The van der Waals surface area contributed by atoms with Crippen LogP contribution in [0.5, 0.6) is 0 Å². The molecule has 3 rings (SSSR count). The monoisotopic (exact) mass is 271 g/mol. The van der Waals surface area contributed by atoms with Crippen LogP contribution in [0.15, 0.2) is 52.0 Å². The topological polar surface area (TPSA) is 84.9 Å². The van der Waals surface area contributed by atoms with Gasteiger partial charge >= 0.3 is 0 Å². The molecule has 0 spiro atoms. The zero-order chi connectivity index (χ0) is 14.1. The number of anilines is 1. The molecule has 0 saturated heterocycles. The summed E-state index contributed by atoms with van der Waals surface area (Å²) < 4.78 is 18.8. The summed E-state index contributed by atoms with van der Waals surface area (Å²) in [5.74, 6) is -0.496. The van der Waals surface area contributed by atoms with E-state index in [1.165, 1.54) is 24.5 Å². The number of H-pyrrole nitrogens is 1. The van der Waals surface area contributed by atoms with Gasteiger partial charge in [0.05, 0.1) is 11.1 Å². The van der Waals surface area contributed by atoms with Gasteiger partial charge in [-0.25, -0.2) is 4.39 Å². The summed E-state index contributed by atoms with van der Waals surface area (Å²) in [5, 5.41) is 3.78. The smallest absolute Gasteiger partial charge is 0.230 e. The molecule has 0 radical (unpaired) electrons. The highest BCUT2D eigenvalue weighted by Gasteiger charge is 2.21. The van der Waals surface area contributed by atoms with Gasteiger partial charge in [0.25, 0.3) is 0 Å². The van der Waals surface area contributed by atoms with Crippen LogP contribution in [-0.2, 0) is 0 Å². The number of rotatable bonds is 2. The fraction of sp³-hybridized carbons (Fsp3) is 0. The van der Waals surface area contributed by atoms with Crippen molar-refractivity contribution in [3.05, 3.63) is 58.8 Å². The Hall–Kier alpha value is -2.89. The van der Waals surface area contributed by atoms with Crippen molar-refractivity contribution in [2.45, 2.75) is 0 Å². The normalized spacial score (nSPS) is 10.7. The predicted octanol–water partition coefficient (Wildman–Crippen LogP) is 2.42. The SMILES string of the molecule is Nc1onc(-c2c[nH]ccc2=O)c1-c1ccccc1F. The highest BCUT2D eigenvalue weighted by Crippen LogP contribution is 2.35. The summed E-state index contributed by atoms with van der Waals surface area (Å²) in [4.78, 5) is 14.6.